The van der Waals surface area contributed by atoms with Gasteiger partial charge in [-0.25, -0.2) is 4.79 Å². The Balaban J connectivity index is 1.88. The van der Waals surface area contributed by atoms with Crippen molar-refractivity contribution in [1.29, 1.82) is 0 Å². The van der Waals surface area contributed by atoms with Crippen LogP contribution < -0.4 is 10.6 Å². The third-order valence-electron chi connectivity index (χ3n) is 3.75. The standard InChI is InChI=1S/C20H19ClN2O5/c1-12(22-19(26)15-8-3-5-9-16(15)21)20(27)28-11-18(25)23-17-10-6-4-7-14(17)13(2)24/h3-10,12H,11H2,1-2H3,(H,22,26)(H,23,25)/t12-/m0/s1. The van der Waals surface area contributed by atoms with E-state index in [9.17, 15) is 19.2 Å². The monoisotopic (exact) mass is 402 g/mol. The first-order valence-corrected chi connectivity index (χ1v) is 8.79. The minimum absolute atomic E-state index is 0.205. The lowest BCUT2D eigenvalue weighted by molar-refractivity contribution is -0.148. The molecule has 2 amide bonds. The van der Waals surface area contributed by atoms with Gasteiger partial charge in [0.2, 0.25) is 0 Å². The Morgan fingerprint density at radius 3 is 2.25 bits per heavy atom. The first kappa shape index (κ1) is 21.1. The van der Waals surface area contributed by atoms with Crippen molar-refractivity contribution in [3.05, 3.63) is 64.7 Å². The van der Waals surface area contributed by atoms with Crippen LogP contribution in [0.5, 0.6) is 0 Å². The van der Waals surface area contributed by atoms with E-state index in [1.165, 1.54) is 19.9 Å². The SMILES string of the molecule is CC(=O)c1ccccc1NC(=O)COC(=O)[C@H](C)NC(=O)c1ccccc1Cl. The number of hydrogen-bond acceptors (Lipinski definition) is 5. The number of para-hydroxylation sites is 1. The molecule has 0 aliphatic carbocycles. The average Bonchev–Trinajstić information content (AvgIpc) is 2.66. The highest BCUT2D eigenvalue weighted by atomic mass is 35.5. The van der Waals surface area contributed by atoms with Gasteiger partial charge in [0.25, 0.3) is 11.8 Å². The molecule has 0 saturated heterocycles. The molecular weight excluding hydrogens is 384 g/mol. The van der Waals surface area contributed by atoms with Gasteiger partial charge in [-0.15, -0.1) is 0 Å². The lowest BCUT2D eigenvalue weighted by Gasteiger charge is -2.14. The van der Waals surface area contributed by atoms with Crippen LogP contribution in [0.3, 0.4) is 0 Å². The van der Waals surface area contributed by atoms with Crippen molar-refractivity contribution in [2.75, 3.05) is 11.9 Å². The molecule has 2 aromatic carbocycles. The topological polar surface area (TPSA) is 102 Å². The molecule has 0 aromatic heterocycles. The average molecular weight is 403 g/mol. The quantitative estimate of drug-likeness (QED) is 0.547. The molecule has 8 heteroatoms. The van der Waals surface area contributed by atoms with E-state index in [0.29, 0.717) is 11.3 Å². The molecule has 2 rings (SSSR count). The van der Waals surface area contributed by atoms with Crippen molar-refractivity contribution in [3.63, 3.8) is 0 Å². The molecule has 2 aromatic rings. The zero-order chi connectivity index (χ0) is 20.7. The second-order valence-electron chi connectivity index (χ2n) is 5.93. The Kier molecular flexibility index (Phi) is 7.28. The number of halogens is 1. The molecule has 146 valence electrons. The number of ketones is 1. The fraction of sp³-hybridized carbons (Fsp3) is 0.200. The number of anilines is 1. The molecule has 0 spiro atoms. The molecular formula is C20H19ClN2O5. The number of carbonyl (C=O) groups excluding carboxylic acids is 4. The summed E-state index contributed by atoms with van der Waals surface area (Å²) in [5.41, 5.74) is 0.904. The highest BCUT2D eigenvalue weighted by Gasteiger charge is 2.20. The number of hydrogen-bond donors (Lipinski definition) is 2. The lowest BCUT2D eigenvalue weighted by atomic mass is 10.1. The van der Waals surface area contributed by atoms with Crippen LogP contribution in [0.25, 0.3) is 0 Å². The lowest BCUT2D eigenvalue weighted by Crippen LogP contribution is -2.40. The summed E-state index contributed by atoms with van der Waals surface area (Å²) in [6, 6.07) is 11.9. The van der Waals surface area contributed by atoms with E-state index >= 15 is 0 Å². The van der Waals surface area contributed by atoms with Gasteiger partial charge in [0, 0.05) is 5.56 Å². The van der Waals surface area contributed by atoms with Crippen LogP contribution in [0.1, 0.15) is 34.6 Å². The molecule has 0 saturated carbocycles. The second-order valence-corrected chi connectivity index (χ2v) is 6.34. The predicted molar refractivity (Wildman–Crippen MR) is 104 cm³/mol. The van der Waals surface area contributed by atoms with Gasteiger partial charge in [-0.05, 0) is 38.1 Å². The number of rotatable bonds is 7. The van der Waals surface area contributed by atoms with E-state index < -0.39 is 30.4 Å². The summed E-state index contributed by atoms with van der Waals surface area (Å²) in [5.74, 6) is -2.12. The van der Waals surface area contributed by atoms with Crippen LogP contribution in [0, 0.1) is 0 Å². The Morgan fingerprint density at radius 1 is 1.00 bits per heavy atom. The normalized spacial score (nSPS) is 11.2. The maximum absolute atomic E-state index is 12.1. The van der Waals surface area contributed by atoms with Gasteiger partial charge in [-0.2, -0.15) is 0 Å². The van der Waals surface area contributed by atoms with Crippen LogP contribution in [-0.2, 0) is 14.3 Å². The molecule has 1 atom stereocenters. The largest absolute Gasteiger partial charge is 0.454 e. The van der Waals surface area contributed by atoms with Crippen LogP contribution in [0.4, 0.5) is 5.69 Å². The van der Waals surface area contributed by atoms with Crippen molar-refractivity contribution in [1.82, 2.24) is 5.32 Å². The van der Waals surface area contributed by atoms with Gasteiger partial charge in [-0.3, -0.25) is 14.4 Å². The van der Waals surface area contributed by atoms with Crippen molar-refractivity contribution in [2.24, 2.45) is 0 Å². The van der Waals surface area contributed by atoms with Gasteiger partial charge >= 0.3 is 5.97 Å². The second kappa shape index (κ2) is 9.66. The van der Waals surface area contributed by atoms with Gasteiger partial charge in [0.1, 0.15) is 6.04 Å². The minimum atomic E-state index is -0.985. The van der Waals surface area contributed by atoms with E-state index in [1.54, 1.807) is 42.5 Å². The summed E-state index contributed by atoms with van der Waals surface area (Å²) >= 11 is 5.94. The molecule has 0 aliphatic heterocycles. The third-order valence-corrected chi connectivity index (χ3v) is 4.08. The summed E-state index contributed by atoms with van der Waals surface area (Å²) in [6.07, 6.45) is 0. The summed E-state index contributed by atoms with van der Waals surface area (Å²) in [7, 11) is 0. The van der Waals surface area contributed by atoms with Gasteiger partial charge < -0.3 is 15.4 Å². The van der Waals surface area contributed by atoms with Gasteiger partial charge in [0.15, 0.2) is 12.4 Å². The van der Waals surface area contributed by atoms with E-state index in [0.717, 1.165) is 0 Å². The smallest absolute Gasteiger partial charge is 0.328 e. The van der Waals surface area contributed by atoms with E-state index in [2.05, 4.69) is 10.6 Å². The third kappa shape index (κ3) is 5.65. The maximum Gasteiger partial charge on any atom is 0.328 e. The molecule has 0 fully saturated rings. The van der Waals surface area contributed by atoms with Gasteiger partial charge in [-0.1, -0.05) is 35.9 Å². The number of ether oxygens (including phenoxy) is 1. The molecule has 0 bridgehead atoms. The number of benzene rings is 2. The summed E-state index contributed by atoms with van der Waals surface area (Å²) < 4.78 is 4.92. The molecule has 0 aliphatic rings. The summed E-state index contributed by atoms with van der Waals surface area (Å²) in [4.78, 5) is 47.7. The number of Topliss-reactive ketones (excluding diaryl/α,β-unsaturated/α-hetero) is 1. The fourth-order valence-corrected chi connectivity index (χ4v) is 2.55. The molecule has 0 unspecified atom stereocenters. The Morgan fingerprint density at radius 2 is 1.61 bits per heavy atom. The Bertz CT molecular complexity index is 913. The van der Waals surface area contributed by atoms with Crippen molar-refractivity contribution >= 4 is 40.9 Å². The number of amides is 2. The summed E-state index contributed by atoms with van der Waals surface area (Å²) in [6.45, 7) is 2.26. The van der Waals surface area contributed by atoms with Crippen molar-refractivity contribution < 1.29 is 23.9 Å². The fourth-order valence-electron chi connectivity index (χ4n) is 2.33. The molecule has 28 heavy (non-hydrogen) atoms. The van der Waals surface area contributed by atoms with Crippen molar-refractivity contribution in [2.45, 2.75) is 19.9 Å². The first-order valence-electron chi connectivity index (χ1n) is 8.41. The highest BCUT2D eigenvalue weighted by Crippen LogP contribution is 2.16. The first-order chi connectivity index (χ1) is 13.3. The number of nitrogens with one attached hydrogen (secondary N) is 2. The highest BCUT2D eigenvalue weighted by molar-refractivity contribution is 6.33. The van der Waals surface area contributed by atoms with Gasteiger partial charge in [0.05, 0.1) is 16.3 Å². The van der Waals surface area contributed by atoms with Crippen LogP contribution in [-0.4, -0.2) is 36.2 Å². The minimum Gasteiger partial charge on any atom is -0.454 e. The number of carbonyl (C=O) groups is 4. The Hall–Kier alpha value is -3.19. The van der Waals surface area contributed by atoms with E-state index in [4.69, 9.17) is 16.3 Å². The summed E-state index contributed by atoms with van der Waals surface area (Å²) in [5, 5.41) is 5.23. The van der Waals surface area contributed by atoms with Crippen LogP contribution in [0.2, 0.25) is 5.02 Å². The maximum atomic E-state index is 12.1. The van der Waals surface area contributed by atoms with E-state index in [1.807, 2.05) is 0 Å². The zero-order valence-corrected chi connectivity index (χ0v) is 16.1. The predicted octanol–water partition coefficient (Wildman–Crippen LogP) is 2.84. The zero-order valence-electron chi connectivity index (χ0n) is 15.3. The number of esters is 1. The molecule has 2 N–H and O–H groups in total. The van der Waals surface area contributed by atoms with Crippen LogP contribution in [0.15, 0.2) is 48.5 Å². The molecule has 0 heterocycles. The Labute approximate surface area is 167 Å². The van der Waals surface area contributed by atoms with Crippen molar-refractivity contribution in [3.8, 4) is 0 Å². The van der Waals surface area contributed by atoms with Crippen LogP contribution >= 0.6 is 11.6 Å². The van der Waals surface area contributed by atoms with E-state index in [-0.39, 0.29) is 16.4 Å². The molecule has 7 nitrogen and oxygen atoms in total. The molecule has 0 radical (unpaired) electrons.